The third-order valence-electron chi connectivity index (χ3n) is 4.81. The Labute approximate surface area is 164 Å². The van der Waals surface area contributed by atoms with Gasteiger partial charge in [-0.25, -0.2) is 0 Å². The fourth-order valence-electron chi connectivity index (χ4n) is 3.36. The lowest BCUT2D eigenvalue weighted by Crippen LogP contribution is -2.39. The van der Waals surface area contributed by atoms with E-state index in [1.807, 2.05) is 19.1 Å². The van der Waals surface area contributed by atoms with Gasteiger partial charge in [0.05, 0.1) is 19.7 Å². The zero-order chi connectivity index (χ0) is 19.3. The smallest absolute Gasteiger partial charge is 0.191 e. The van der Waals surface area contributed by atoms with Crippen molar-refractivity contribution in [1.82, 2.24) is 15.5 Å². The summed E-state index contributed by atoms with van der Waals surface area (Å²) in [5.41, 5.74) is 1.30. The Morgan fingerprint density at radius 1 is 1.15 bits per heavy atom. The highest BCUT2D eigenvalue weighted by molar-refractivity contribution is 5.79. The summed E-state index contributed by atoms with van der Waals surface area (Å²) in [6.07, 6.45) is 3.52. The van der Waals surface area contributed by atoms with E-state index in [-0.39, 0.29) is 0 Å². The van der Waals surface area contributed by atoms with Gasteiger partial charge in [-0.3, -0.25) is 9.89 Å². The molecule has 0 aliphatic carbocycles. The molecule has 0 aromatic heterocycles. The molecule has 0 spiro atoms. The minimum Gasteiger partial charge on any atom is -0.497 e. The van der Waals surface area contributed by atoms with Gasteiger partial charge < -0.3 is 20.1 Å². The van der Waals surface area contributed by atoms with Crippen molar-refractivity contribution in [3.8, 4) is 5.75 Å². The summed E-state index contributed by atoms with van der Waals surface area (Å²) >= 11 is 0. The first-order valence-electron chi connectivity index (χ1n) is 10.3. The summed E-state index contributed by atoms with van der Waals surface area (Å²) < 4.78 is 10.7. The highest BCUT2D eigenvalue weighted by Crippen LogP contribution is 2.27. The molecule has 1 aliphatic heterocycles. The van der Waals surface area contributed by atoms with E-state index in [2.05, 4.69) is 34.6 Å². The second kappa shape index (κ2) is 12.6. The van der Waals surface area contributed by atoms with E-state index in [0.717, 1.165) is 64.1 Å². The largest absolute Gasteiger partial charge is 0.497 e. The van der Waals surface area contributed by atoms with Crippen LogP contribution in [0.15, 0.2) is 29.3 Å². The molecule has 6 heteroatoms. The first-order valence-corrected chi connectivity index (χ1v) is 10.3. The summed E-state index contributed by atoms with van der Waals surface area (Å²) in [7, 11) is 1.71. The Hall–Kier alpha value is -1.79. The van der Waals surface area contributed by atoms with Crippen molar-refractivity contribution >= 4 is 5.96 Å². The molecule has 2 rings (SSSR count). The molecule has 152 valence electrons. The number of rotatable bonds is 11. The molecule has 1 fully saturated rings. The molecule has 0 radical (unpaired) electrons. The lowest BCUT2D eigenvalue weighted by molar-refractivity contribution is 0.145. The molecular weight excluding hydrogens is 340 g/mol. The van der Waals surface area contributed by atoms with Crippen LogP contribution in [0.2, 0.25) is 0 Å². The number of likely N-dealkylation sites (tertiary alicyclic amines) is 1. The summed E-state index contributed by atoms with van der Waals surface area (Å²) in [6, 6.07) is 8.72. The number of nitrogens with one attached hydrogen (secondary N) is 2. The molecule has 1 aromatic rings. The van der Waals surface area contributed by atoms with E-state index >= 15 is 0 Å². The highest BCUT2D eigenvalue weighted by Gasteiger charge is 2.23. The average molecular weight is 377 g/mol. The van der Waals surface area contributed by atoms with Gasteiger partial charge >= 0.3 is 0 Å². The van der Waals surface area contributed by atoms with Crippen LogP contribution in [0.25, 0.3) is 0 Å². The molecule has 2 N–H and O–H groups in total. The van der Waals surface area contributed by atoms with Crippen molar-refractivity contribution in [3.63, 3.8) is 0 Å². The molecule has 0 saturated carbocycles. The van der Waals surface area contributed by atoms with Crippen LogP contribution in [-0.4, -0.2) is 63.9 Å². The minimum atomic E-state index is 0.303. The minimum absolute atomic E-state index is 0.303. The normalized spacial score (nSPS) is 16.3. The molecule has 1 heterocycles. The molecule has 1 saturated heterocycles. The second-order valence-corrected chi connectivity index (χ2v) is 6.73. The summed E-state index contributed by atoms with van der Waals surface area (Å²) in [6.45, 7) is 10.4. The predicted octanol–water partition coefficient (Wildman–Crippen LogP) is 2.81. The van der Waals surface area contributed by atoms with Crippen molar-refractivity contribution in [3.05, 3.63) is 29.8 Å². The van der Waals surface area contributed by atoms with Crippen LogP contribution < -0.4 is 15.4 Å². The summed E-state index contributed by atoms with van der Waals surface area (Å²) in [5.74, 6) is 1.78. The van der Waals surface area contributed by atoms with E-state index in [1.165, 1.54) is 18.4 Å². The van der Waals surface area contributed by atoms with Crippen molar-refractivity contribution in [2.75, 3.05) is 53.0 Å². The average Bonchev–Trinajstić information content (AvgIpc) is 3.23. The molecular formula is C21H36N4O2. The molecule has 1 unspecified atom stereocenters. The molecule has 27 heavy (non-hydrogen) atoms. The second-order valence-electron chi connectivity index (χ2n) is 6.73. The van der Waals surface area contributed by atoms with Crippen LogP contribution in [0.4, 0.5) is 0 Å². The predicted molar refractivity (Wildman–Crippen MR) is 112 cm³/mol. The first kappa shape index (κ1) is 21.5. The molecule has 0 bridgehead atoms. The molecule has 6 nitrogen and oxygen atoms in total. The monoisotopic (exact) mass is 376 g/mol. The quantitative estimate of drug-likeness (QED) is 0.353. The number of guanidine groups is 1. The topological polar surface area (TPSA) is 58.1 Å². The summed E-state index contributed by atoms with van der Waals surface area (Å²) in [4.78, 5) is 7.42. The number of hydrogen-bond donors (Lipinski definition) is 2. The number of hydrogen-bond acceptors (Lipinski definition) is 4. The number of ether oxygens (including phenoxy) is 2. The van der Waals surface area contributed by atoms with Gasteiger partial charge in [0.25, 0.3) is 0 Å². The van der Waals surface area contributed by atoms with Crippen molar-refractivity contribution in [2.24, 2.45) is 4.99 Å². The van der Waals surface area contributed by atoms with Gasteiger partial charge in [0, 0.05) is 26.3 Å². The van der Waals surface area contributed by atoms with E-state index in [9.17, 15) is 0 Å². The van der Waals surface area contributed by atoms with Gasteiger partial charge in [0.15, 0.2) is 5.96 Å². The van der Waals surface area contributed by atoms with Gasteiger partial charge in [0.1, 0.15) is 5.75 Å². The van der Waals surface area contributed by atoms with Crippen LogP contribution in [-0.2, 0) is 4.74 Å². The maximum absolute atomic E-state index is 5.40. The van der Waals surface area contributed by atoms with Gasteiger partial charge in [-0.2, -0.15) is 0 Å². The third-order valence-corrected chi connectivity index (χ3v) is 4.81. The molecule has 1 aromatic carbocycles. The molecule has 0 amide bonds. The number of aliphatic imine (C=N–C) groups is 1. The van der Waals surface area contributed by atoms with Crippen molar-refractivity contribution in [1.29, 1.82) is 0 Å². The van der Waals surface area contributed by atoms with Gasteiger partial charge in [-0.1, -0.05) is 12.1 Å². The van der Waals surface area contributed by atoms with Crippen LogP contribution in [0.1, 0.15) is 44.7 Å². The van der Waals surface area contributed by atoms with Crippen molar-refractivity contribution < 1.29 is 9.47 Å². The van der Waals surface area contributed by atoms with Crippen LogP contribution in [0.3, 0.4) is 0 Å². The van der Waals surface area contributed by atoms with E-state index in [4.69, 9.17) is 14.5 Å². The SMILES string of the molecule is CCNC(=NCC(c1ccc(OC)cc1)N1CCCC1)NCCCOCC. The van der Waals surface area contributed by atoms with E-state index < -0.39 is 0 Å². The fraction of sp³-hybridized carbons (Fsp3) is 0.667. The third kappa shape index (κ3) is 7.39. The van der Waals surface area contributed by atoms with E-state index in [1.54, 1.807) is 7.11 Å². The maximum atomic E-state index is 5.40. The van der Waals surface area contributed by atoms with Crippen LogP contribution in [0, 0.1) is 0 Å². The number of benzene rings is 1. The summed E-state index contributed by atoms with van der Waals surface area (Å²) in [5, 5.41) is 6.76. The highest BCUT2D eigenvalue weighted by atomic mass is 16.5. The van der Waals surface area contributed by atoms with Crippen LogP contribution in [0.5, 0.6) is 5.75 Å². The number of methoxy groups -OCH3 is 1. The van der Waals surface area contributed by atoms with Gasteiger partial charge in [0.2, 0.25) is 0 Å². The maximum Gasteiger partial charge on any atom is 0.191 e. The molecule has 1 atom stereocenters. The molecule has 1 aliphatic rings. The Morgan fingerprint density at radius 3 is 2.52 bits per heavy atom. The van der Waals surface area contributed by atoms with Crippen LogP contribution >= 0.6 is 0 Å². The lowest BCUT2D eigenvalue weighted by Gasteiger charge is -2.27. The van der Waals surface area contributed by atoms with E-state index in [0.29, 0.717) is 6.04 Å². The Balaban J connectivity index is 2.01. The lowest BCUT2D eigenvalue weighted by atomic mass is 10.1. The zero-order valence-electron chi connectivity index (χ0n) is 17.2. The van der Waals surface area contributed by atoms with Crippen molar-refractivity contribution in [2.45, 2.75) is 39.2 Å². The Morgan fingerprint density at radius 2 is 1.89 bits per heavy atom. The Bertz CT molecular complexity index is 542. The first-order chi connectivity index (χ1) is 13.3. The zero-order valence-corrected chi connectivity index (χ0v) is 17.2. The van der Waals surface area contributed by atoms with Gasteiger partial charge in [-0.15, -0.1) is 0 Å². The number of nitrogens with zero attached hydrogens (tertiary/aromatic N) is 2. The fourth-order valence-corrected chi connectivity index (χ4v) is 3.36. The Kier molecular flexibility index (Phi) is 10.0. The van der Waals surface area contributed by atoms with Gasteiger partial charge in [-0.05, 0) is 63.9 Å². The standard InChI is InChI=1S/C21H36N4O2/c1-4-22-21(23-13-8-16-27-5-2)24-17-20(25-14-6-7-15-25)18-9-11-19(26-3)12-10-18/h9-12,20H,4-8,13-17H2,1-3H3,(H2,22,23,24).